The molecule has 17 heavy (non-hydrogen) atoms. The fourth-order valence-corrected chi connectivity index (χ4v) is 3.14. The van der Waals surface area contributed by atoms with E-state index in [4.69, 9.17) is 9.47 Å². The summed E-state index contributed by atoms with van der Waals surface area (Å²) in [5.41, 5.74) is 0.415. The molecule has 1 heterocycles. The van der Waals surface area contributed by atoms with Crippen molar-refractivity contribution >= 4 is 0 Å². The normalized spacial score (nSPS) is 37.9. The van der Waals surface area contributed by atoms with Gasteiger partial charge in [0.25, 0.3) is 0 Å². The van der Waals surface area contributed by atoms with Gasteiger partial charge < -0.3 is 9.47 Å². The van der Waals surface area contributed by atoms with Gasteiger partial charge in [0.2, 0.25) is 0 Å². The number of nitrogens with one attached hydrogen (secondary N) is 1. The molecular weight excluding hydrogens is 214 g/mol. The smallest absolute Gasteiger partial charge is 0.119 e. The lowest BCUT2D eigenvalue weighted by Crippen LogP contribution is -2.57. The molecule has 1 aliphatic carbocycles. The molecule has 3 nitrogen and oxygen atoms in total. The molecule has 0 aromatic heterocycles. The van der Waals surface area contributed by atoms with Gasteiger partial charge in [0.15, 0.2) is 0 Å². The maximum absolute atomic E-state index is 6.09. The van der Waals surface area contributed by atoms with Crippen molar-refractivity contribution in [3.8, 4) is 0 Å². The minimum absolute atomic E-state index is 0.0603. The van der Waals surface area contributed by atoms with Crippen molar-refractivity contribution in [2.75, 3.05) is 20.3 Å². The molecule has 0 bridgehead atoms. The largest absolute Gasteiger partial charge is 0.383 e. The first-order valence-electron chi connectivity index (χ1n) is 6.96. The molecule has 1 aliphatic heterocycles. The molecule has 100 valence electrons. The fourth-order valence-electron chi connectivity index (χ4n) is 3.14. The van der Waals surface area contributed by atoms with Gasteiger partial charge in [0.05, 0.1) is 13.2 Å². The Balaban J connectivity index is 1.98. The zero-order chi connectivity index (χ0) is 12.4. The van der Waals surface area contributed by atoms with E-state index in [1.165, 1.54) is 19.3 Å². The van der Waals surface area contributed by atoms with Gasteiger partial charge in [-0.2, -0.15) is 0 Å². The Bertz CT molecular complexity index is 253. The molecule has 1 saturated carbocycles. The van der Waals surface area contributed by atoms with E-state index >= 15 is 0 Å². The summed E-state index contributed by atoms with van der Waals surface area (Å²) in [6.07, 6.45) is 7.18. The minimum Gasteiger partial charge on any atom is -0.383 e. The third-order valence-electron chi connectivity index (χ3n) is 4.32. The number of hydrogen-bond acceptors (Lipinski definition) is 3. The summed E-state index contributed by atoms with van der Waals surface area (Å²) in [7, 11) is 1.78. The van der Waals surface area contributed by atoms with Crippen molar-refractivity contribution in [2.45, 2.75) is 64.1 Å². The first-order chi connectivity index (χ1) is 8.05. The van der Waals surface area contributed by atoms with E-state index < -0.39 is 0 Å². The van der Waals surface area contributed by atoms with Crippen molar-refractivity contribution in [1.82, 2.24) is 5.32 Å². The number of rotatable bonds is 2. The van der Waals surface area contributed by atoms with E-state index in [2.05, 4.69) is 19.2 Å². The average molecular weight is 241 g/mol. The molecule has 2 unspecified atom stereocenters. The Kier molecular flexibility index (Phi) is 4.11. The lowest BCUT2D eigenvalue weighted by atomic mass is 9.85. The van der Waals surface area contributed by atoms with E-state index in [-0.39, 0.29) is 5.72 Å². The van der Waals surface area contributed by atoms with Gasteiger partial charge in [-0.05, 0) is 43.9 Å². The fraction of sp³-hybridized carbons (Fsp3) is 1.00. The van der Waals surface area contributed by atoms with Crippen LogP contribution in [0.4, 0.5) is 0 Å². The van der Waals surface area contributed by atoms with Gasteiger partial charge in [0, 0.05) is 13.2 Å². The van der Waals surface area contributed by atoms with E-state index in [0.717, 1.165) is 32.5 Å². The zero-order valence-electron chi connectivity index (χ0n) is 11.6. The number of methoxy groups -OCH3 is 1. The van der Waals surface area contributed by atoms with Gasteiger partial charge in [-0.25, -0.2) is 0 Å². The van der Waals surface area contributed by atoms with Gasteiger partial charge in [-0.1, -0.05) is 13.8 Å². The van der Waals surface area contributed by atoms with Crippen molar-refractivity contribution in [3.63, 3.8) is 0 Å². The van der Waals surface area contributed by atoms with E-state index in [1.54, 1.807) is 7.11 Å². The molecule has 0 amide bonds. The van der Waals surface area contributed by atoms with Crippen molar-refractivity contribution in [1.29, 1.82) is 0 Å². The monoisotopic (exact) mass is 241 g/mol. The zero-order valence-corrected chi connectivity index (χ0v) is 11.6. The summed E-state index contributed by atoms with van der Waals surface area (Å²) in [5, 5.41) is 3.70. The summed E-state index contributed by atoms with van der Waals surface area (Å²) in [5.74, 6) is 0. The van der Waals surface area contributed by atoms with Crippen LogP contribution in [0.3, 0.4) is 0 Å². The average Bonchev–Trinajstić information content (AvgIpc) is 2.40. The molecule has 2 rings (SSSR count). The van der Waals surface area contributed by atoms with Crippen molar-refractivity contribution in [2.24, 2.45) is 5.41 Å². The molecule has 0 aromatic carbocycles. The van der Waals surface area contributed by atoms with Crippen molar-refractivity contribution < 1.29 is 9.47 Å². The van der Waals surface area contributed by atoms with Gasteiger partial charge in [0.1, 0.15) is 5.72 Å². The molecule has 0 radical (unpaired) electrons. The maximum atomic E-state index is 6.09. The van der Waals surface area contributed by atoms with Gasteiger partial charge in [-0.15, -0.1) is 0 Å². The molecule has 2 atom stereocenters. The number of hydrogen-bond donors (Lipinski definition) is 1. The lowest BCUT2D eigenvalue weighted by molar-refractivity contribution is -0.126. The van der Waals surface area contributed by atoms with Gasteiger partial charge in [-0.3, -0.25) is 5.32 Å². The Labute approximate surface area is 105 Å². The van der Waals surface area contributed by atoms with Gasteiger partial charge >= 0.3 is 0 Å². The first kappa shape index (κ1) is 13.3. The first-order valence-corrected chi connectivity index (χ1v) is 6.96. The van der Waals surface area contributed by atoms with Crippen LogP contribution >= 0.6 is 0 Å². The lowest BCUT2D eigenvalue weighted by Gasteiger charge is -2.42. The van der Waals surface area contributed by atoms with Crippen LogP contribution in [0.1, 0.15) is 52.4 Å². The molecule has 1 N–H and O–H groups in total. The SMILES string of the molecule is COCC1CCOC2(CCCC(C)(C)CC2)N1. The maximum Gasteiger partial charge on any atom is 0.119 e. The summed E-state index contributed by atoms with van der Waals surface area (Å²) < 4.78 is 11.4. The quantitative estimate of drug-likeness (QED) is 0.806. The van der Waals surface area contributed by atoms with Crippen LogP contribution in [0.2, 0.25) is 0 Å². The van der Waals surface area contributed by atoms with E-state index in [1.807, 2.05) is 0 Å². The van der Waals surface area contributed by atoms with Crippen molar-refractivity contribution in [3.05, 3.63) is 0 Å². The van der Waals surface area contributed by atoms with Crippen LogP contribution in [0.5, 0.6) is 0 Å². The van der Waals surface area contributed by atoms with E-state index in [0.29, 0.717) is 11.5 Å². The highest BCUT2D eigenvalue weighted by molar-refractivity contribution is 4.91. The Hall–Kier alpha value is -0.120. The minimum atomic E-state index is -0.0603. The van der Waals surface area contributed by atoms with Crippen LogP contribution in [0.15, 0.2) is 0 Å². The van der Waals surface area contributed by atoms with E-state index in [9.17, 15) is 0 Å². The van der Waals surface area contributed by atoms with Crippen LogP contribution in [0.25, 0.3) is 0 Å². The van der Waals surface area contributed by atoms with Crippen LogP contribution in [-0.2, 0) is 9.47 Å². The summed E-state index contributed by atoms with van der Waals surface area (Å²) in [6, 6.07) is 0.468. The Morgan fingerprint density at radius 3 is 2.82 bits per heavy atom. The molecule has 2 aliphatic rings. The Morgan fingerprint density at radius 1 is 1.24 bits per heavy atom. The Morgan fingerprint density at radius 2 is 2.06 bits per heavy atom. The molecule has 1 spiro atoms. The molecular formula is C14H27NO2. The van der Waals surface area contributed by atoms with Crippen LogP contribution in [-0.4, -0.2) is 32.1 Å². The second-order valence-electron chi connectivity index (χ2n) is 6.45. The second-order valence-corrected chi connectivity index (χ2v) is 6.45. The van der Waals surface area contributed by atoms with Crippen LogP contribution in [0, 0.1) is 5.41 Å². The molecule has 3 heteroatoms. The third kappa shape index (κ3) is 3.43. The molecule has 0 aromatic rings. The predicted octanol–water partition coefficient (Wildman–Crippen LogP) is 2.70. The standard InChI is InChI=1S/C14H27NO2/c1-13(2)6-4-7-14(9-8-13)15-12(11-16-3)5-10-17-14/h12,15H,4-11H2,1-3H3. The topological polar surface area (TPSA) is 30.5 Å². The highest BCUT2D eigenvalue weighted by Crippen LogP contribution is 2.39. The molecule has 1 saturated heterocycles. The third-order valence-corrected chi connectivity index (χ3v) is 4.32. The number of ether oxygens (including phenoxy) is 2. The summed E-state index contributed by atoms with van der Waals surface area (Å²) in [6.45, 7) is 6.43. The molecule has 2 fully saturated rings. The predicted molar refractivity (Wildman–Crippen MR) is 69.0 cm³/mol. The second kappa shape index (κ2) is 5.25. The highest BCUT2D eigenvalue weighted by Gasteiger charge is 2.40. The highest BCUT2D eigenvalue weighted by atomic mass is 16.5. The summed E-state index contributed by atoms with van der Waals surface area (Å²) in [4.78, 5) is 0. The summed E-state index contributed by atoms with van der Waals surface area (Å²) >= 11 is 0. The van der Waals surface area contributed by atoms with Crippen LogP contribution < -0.4 is 5.32 Å².